The Morgan fingerprint density at radius 1 is 1.53 bits per heavy atom. The van der Waals surface area contributed by atoms with Gasteiger partial charge in [0.25, 0.3) is 0 Å². The van der Waals surface area contributed by atoms with E-state index in [0.717, 1.165) is 45.6 Å². The summed E-state index contributed by atoms with van der Waals surface area (Å²) in [5.41, 5.74) is 5.35. The lowest BCUT2D eigenvalue weighted by Crippen LogP contribution is -2.45. The lowest BCUT2D eigenvalue weighted by molar-refractivity contribution is -0.120. The van der Waals surface area contributed by atoms with Gasteiger partial charge in [-0.2, -0.15) is 0 Å². The minimum absolute atomic E-state index is 0.206. The predicted molar refractivity (Wildman–Crippen MR) is 67.7 cm³/mol. The van der Waals surface area contributed by atoms with Gasteiger partial charge < -0.3 is 20.7 Å². The number of hydrogen-bond donors (Lipinski definition) is 2. The highest BCUT2D eigenvalue weighted by Gasteiger charge is 2.20. The summed E-state index contributed by atoms with van der Waals surface area (Å²) in [5.74, 6) is -0.257. The molecule has 0 aliphatic carbocycles. The zero-order valence-electron chi connectivity index (χ0n) is 10.9. The van der Waals surface area contributed by atoms with Crippen LogP contribution >= 0.6 is 0 Å². The van der Waals surface area contributed by atoms with Crippen LogP contribution in [0.2, 0.25) is 0 Å². The van der Waals surface area contributed by atoms with E-state index >= 15 is 0 Å². The smallest absolute Gasteiger partial charge is 0.234 e. The maximum absolute atomic E-state index is 11.2. The van der Waals surface area contributed by atoms with Crippen LogP contribution in [0.1, 0.15) is 26.2 Å². The van der Waals surface area contributed by atoms with Crippen LogP contribution in [0.4, 0.5) is 0 Å². The van der Waals surface area contributed by atoms with Crippen molar-refractivity contribution >= 4 is 5.91 Å². The van der Waals surface area contributed by atoms with Gasteiger partial charge in [-0.1, -0.05) is 6.92 Å². The fourth-order valence-electron chi connectivity index (χ4n) is 2.23. The molecule has 1 atom stereocenters. The standard InChI is InChI=1S/C12H25N3O2/c1-3-14-11(12(13)16)4-7-15(2)10-5-8-17-9-6-10/h10-11,14H,3-9H2,1-2H3,(H2,13,16). The van der Waals surface area contributed by atoms with Gasteiger partial charge in [0.05, 0.1) is 6.04 Å². The molecule has 0 aromatic heterocycles. The van der Waals surface area contributed by atoms with E-state index in [0.29, 0.717) is 6.04 Å². The Bertz CT molecular complexity index is 230. The van der Waals surface area contributed by atoms with Crippen LogP contribution in [-0.2, 0) is 9.53 Å². The molecule has 1 rings (SSSR count). The maximum Gasteiger partial charge on any atom is 0.234 e. The van der Waals surface area contributed by atoms with E-state index in [1.54, 1.807) is 0 Å². The molecule has 0 aromatic rings. The third-order valence-electron chi connectivity index (χ3n) is 3.38. The van der Waals surface area contributed by atoms with Gasteiger partial charge in [-0.3, -0.25) is 4.79 Å². The molecule has 0 radical (unpaired) electrons. The van der Waals surface area contributed by atoms with Gasteiger partial charge >= 0.3 is 0 Å². The Morgan fingerprint density at radius 2 is 2.18 bits per heavy atom. The molecule has 1 aliphatic rings. The van der Waals surface area contributed by atoms with Crippen LogP contribution in [0.15, 0.2) is 0 Å². The number of amides is 1. The molecule has 17 heavy (non-hydrogen) atoms. The second-order valence-corrected chi connectivity index (χ2v) is 4.63. The molecule has 0 saturated carbocycles. The first kappa shape index (κ1) is 14.4. The normalized spacial score (nSPS) is 19.5. The van der Waals surface area contributed by atoms with Crippen molar-refractivity contribution in [2.45, 2.75) is 38.3 Å². The zero-order chi connectivity index (χ0) is 12.7. The number of nitrogens with zero attached hydrogens (tertiary/aromatic N) is 1. The van der Waals surface area contributed by atoms with Gasteiger partial charge in [0.2, 0.25) is 5.91 Å². The number of carbonyl (C=O) groups is 1. The van der Waals surface area contributed by atoms with E-state index in [-0.39, 0.29) is 11.9 Å². The van der Waals surface area contributed by atoms with Crippen LogP contribution in [0.5, 0.6) is 0 Å². The van der Waals surface area contributed by atoms with E-state index in [9.17, 15) is 4.79 Å². The van der Waals surface area contributed by atoms with Crippen molar-refractivity contribution in [2.24, 2.45) is 5.73 Å². The minimum Gasteiger partial charge on any atom is -0.381 e. The number of primary amides is 1. The topological polar surface area (TPSA) is 67.6 Å². The molecule has 1 aliphatic heterocycles. The summed E-state index contributed by atoms with van der Waals surface area (Å²) >= 11 is 0. The quantitative estimate of drug-likeness (QED) is 0.658. The number of nitrogens with one attached hydrogen (secondary N) is 1. The molecule has 5 nitrogen and oxygen atoms in total. The van der Waals surface area contributed by atoms with Gasteiger partial charge in [0, 0.05) is 25.8 Å². The van der Waals surface area contributed by atoms with Gasteiger partial charge in [-0.05, 0) is 32.9 Å². The summed E-state index contributed by atoms with van der Waals surface area (Å²) in [6.45, 7) is 5.35. The van der Waals surface area contributed by atoms with Crippen LogP contribution in [-0.4, -0.2) is 56.2 Å². The zero-order valence-corrected chi connectivity index (χ0v) is 10.9. The van der Waals surface area contributed by atoms with Crippen molar-refractivity contribution in [2.75, 3.05) is 33.4 Å². The van der Waals surface area contributed by atoms with Crippen molar-refractivity contribution in [3.05, 3.63) is 0 Å². The summed E-state index contributed by atoms with van der Waals surface area (Å²) in [6, 6.07) is 0.376. The fourth-order valence-corrected chi connectivity index (χ4v) is 2.23. The van der Waals surface area contributed by atoms with Crippen molar-refractivity contribution in [1.29, 1.82) is 0 Å². The lowest BCUT2D eigenvalue weighted by Gasteiger charge is -2.31. The summed E-state index contributed by atoms with van der Waals surface area (Å²) in [5, 5.41) is 3.11. The number of likely N-dealkylation sites (N-methyl/N-ethyl adjacent to an activating group) is 1. The summed E-state index contributed by atoms with van der Waals surface area (Å²) in [7, 11) is 2.11. The molecule has 100 valence electrons. The molecule has 1 heterocycles. The number of nitrogens with two attached hydrogens (primary N) is 1. The first-order chi connectivity index (χ1) is 8.15. The molecule has 0 spiro atoms. The molecule has 5 heteroatoms. The third kappa shape index (κ3) is 5.02. The van der Waals surface area contributed by atoms with E-state index < -0.39 is 0 Å². The van der Waals surface area contributed by atoms with E-state index in [4.69, 9.17) is 10.5 Å². The van der Waals surface area contributed by atoms with Crippen LogP contribution in [0, 0.1) is 0 Å². The second kappa shape index (κ2) is 7.63. The van der Waals surface area contributed by atoms with E-state index in [1.165, 1.54) is 0 Å². The molecular formula is C12H25N3O2. The van der Waals surface area contributed by atoms with Crippen molar-refractivity contribution in [3.63, 3.8) is 0 Å². The summed E-state index contributed by atoms with van der Waals surface area (Å²) < 4.78 is 5.34. The highest BCUT2D eigenvalue weighted by Crippen LogP contribution is 2.13. The van der Waals surface area contributed by atoms with Crippen LogP contribution in [0.3, 0.4) is 0 Å². The molecule has 1 amide bonds. The Hall–Kier alpha value is -0.650. The summed E-state index contributed by atoms with van der Waals surface area (Å²) in [4.78, 5) is 13.5. The highest BCUT2D eigenvalue weighted by molar-refractivity contribution is 5.79. The third-order valence-corrected chi connectivity index (χ3v) is 3.38. The predicted octanol–water partition coefficient (Wildman–Crippen LogP) is -0.0493. The maximum atomic E-state index is 11.2. The molecule has 1 unspecified atom stereocenters. The number of carbonyl (C=O) groups excluding carboxylic acids is 1. The molecule has 1 fully saturated rings. The average Bonchev–Trinajstić information content (AvgIpc) is 2.34. The first-order valence-corrected chi connectivity index (χ1v) is 6.45. The van der Waals surface area contributed by atoms with Gasteiger partial charge in [-0.25, -0.2) is 0 Å². The van der Waals surface area contributed by atoms with Crippen LogP contribution in [0.25, 0.3) is 0 Å². The number of ether oxygens (including phenoxy) is 1. The Morgan fingerprint density at radius 3 is 2.71 bits per heavy atom. The summed E-state index contributed by atoms with van der Waals surface area (Å²) in [6.07, 6.45) is 2.94. The number of hydrogen-bond acceptors (Lipinski definition) is 4. The molecule has 1 saturated heterocycles. The molecule has 0 bridgehead atoms. The SMILES string of the molecule is CCNC(CCN(C)C1CCOCC1)C(N)=O. The van der Waals surface area contributed by atoms with Crippen molar-refractivity contribution in [3.8, 4) is 0 Å². The lowest BCUT2D eigenvalue weighted by atomic mass is 10.1. The van der Waals surface area contributed by atoms with Gasteiger partial charge in [0.15, 0.2) is 0 Å². The van der Waals surface area contributed by atoms with Crippen molar-refractivity contribution < 1.29 is 9.53 Å². The fraction of sp³-hybridized carbons (Fsp3) is 0.917. The van der Waals surface area contributed by atoms with Crippen LogP contribution < -0.4 is 11.1 Å². The first-order valence-electron chi connectivity index (χ1n) is 6.45. The van der Waals surface area contributed by atoms with E-state index in [1.807, 2.05) is 6.92 Å². The van der Waals surface area contributed by atoms with Gasteiger partial charge in [-0.15, -0.1) is 0 Å². The Labute approximate surface area is 104 Å². The largest absolute Gasteiger partial charge is 0.381 e. The highest BCUT2D eigenvalue weighted by atomic mass is 16.5. The van der Waals surface area contributed by atoms with Crippen molar-refractivity contribution in [1.82, 2.24) is 10.2 Å². The minimum atomic E-state index is -0.257. The monoisotopic (exact) mass is 243 g/mol. The molecule has 3 N–H and O–H groups in total. The Balaban J connectivity index is 2.29. The number of rotatable bonds is 7. The van der Waals surface area contributed by atoms with E-state index in [2.05, 4.69) is 17.3 Å². The van der Waals surface area contributed by atoms with Gasteiger partial charge in [0.1, 0.15) is 0 Å². The second-order valence-electron chi connectivity index (χ2n) is 4.63. The Kier molecular flexibility index (Phi) is 6.47. The molecule has 0 aromatic carbocycles. The molecular weight excluding hydrogens is 218 g/mol. The average molecular weight is 243 g/mol.